The van der Waals surface area contributed by atoms with Crippen LogP contribution in [0, 0.1) is 11.3 Å². The van der Waals surface area contributed by atoms with Crippen molar-refractivity contribution in [2.24, 2.45) is 0 Å². The zero-order valence-electron chi connectivity index (χ0n) is 14.0. The van der Waals surface area contributed by atoms with Gasteiger partial charge >= 0.3 is 6.09 Å². The lowest BCUT2D eigenvalue weighted by atomic mass is 10.1. The Morgan fingerprint density at radius 1 is 1.32 bits per heavy atom. The van der Waals surface area contributed by atoms with E-state index in [1.807, 2.05) is 0 Å². The van der Waals surface area contributed by atoms with Crippen LogP contribution in [-0.2, 0) is 4.74 Å². The van der Waals surface area contributed by atoms with Gasteiger partial charge in [-0.2, -0.15) is 5.26 Å². The van der Waals surface area contributed by atoms with E-state index < -0.39 is 11.7 Å². The predicted molar refractivity (Wildman–Crippen MR) is 92.1 cm³/mol. The molecule has 3 aromatic rings. The third kappa shape index (κ3) is 3.15. The van der Waals surface area contributed by atoms with E-state index in [4.69, 9.17) is 10.00 Å². The number of rotatable bonds is 1. The minimum absolute atomic E-state index is 0.239. The van der Waals surface area contributed by atoms with Crippen LogP contribution in [0.1, 0.15) is 26.3 Å². The van der Waals surface area contributed by atoms with Crippen molar-refractivity contribution in [3.63, 3.8) is 0 Å². The Morgan fingerprint density at radius 2 is 2.08 bits per heavy atom. The Kier molecular flexibility index (Phi) is 3.89. The number of ether oxygens (including phenoxy) is 1. The molecule has 3 rings (SSSR count). The lowest BCUT2D eigenvalue weighted by molar-refractivity contribution is 0.0547. The molecule has 0 spiro atoms. The molecule has 0 saturated heterocycles. The summed E-state index contributed by atoms with van der Waals surface area (Å²) in [7, 11) is 0. The third-order valence-electron chi connectivity index (χ3n) is 3.50. The van der Waals surface area contributed by atoms with Crippen LogP contribution in [0.4, 0.5) is 4.79 Å². The topological polar surface area (TPSA) is 101 Å². The lowest BCUT2D eigenvalue weighted by Gasteiger charge is -2.20. The normalized spacial score (nSPS) is 11.3. The number of carbonyl (C=O) groups excluding carboxylic acids is 1. The first-order chi connectivity index (χ1) is 11.8. The summed E-state index contributed by atoms with van der Waals surface area (Å²) in [5.74, 6) is 0. The van der Waals surface area contributed by atoms with Gasteiger partial charge in [0, 0.05) is 11.6 Å². The van der Waals surface area contributed by atoms with Gasteiger partial charge in [-0.05, 0) is 45.0 Å². The number of hydrogen-bond acceptors (Lipinski definition) is 5. The van der Waals surface area contributed by atoms with E-state index in [0.29, 0.717) is 22.2 Å². The molecule has 2 heterocycles. The van der Waals surface area contributed by atoms with Gasteiger partial charge in [0.1, 0.15) is 5.60 Å². The number of hydrogen-bond donors (Lipinski definition) is 1. The number of aromatic amines is 1. The summed E-state index contributed by atoms with van der Waals surface area (Å²) in [6.45, 7) is 5.29. The molecule has 0 atom stereocenters. The third-order valence-corrected chi connectivity index (χ3v) is 3.50. The molecule has 0 aliphatic carbocycles. The van der Waals surface area contributed by atoms with Gasteiger partial charge in [-0.3, -0.25) is 4.79 Å². The van der Waals surface area contributed by atoms with Crippen LogP contribution in [0.15, 0.2) is 41.6 Å². The van der Waals surface area contributed by atoms with E-state index in [0.717, 1.165) is 0 Å². The van der Waals surface area contributed by atoms with Crippen LogP contribution in [0.5, 0.6) is 0 Å². The van der Waals surface area contributed by atoms with E-state index in [2.05, 4.69) is 16.0 Å². The Bertz CT molecular complexity index is 1060. The highest BCUT2D eigenvalue weighted by Gasteiger charge is 2.24. The number of carbonyl (C=O) groups is 1. The number of fused-ring (bicyclic) bond motifs is 1. The second kappa shape index (κ2) is 5.91. The van der Waals surface area contributed by atoms with Crippen molar-refractivity contribution in [1.29, 1.82) is 5.26 Å². The van der Waals surface area contributed by atoms with Crippen LogP contribution in [0.3, 0.4) is 0 Å². The van der Waals surface area contributed by atoms with Gasteiger partial charge in [-0.15, -0.1) is 0 Å². The second-order valence-electron chi connectivity index (χ2n) is 6.53. The first kappa shape index (κ1) is 16.5. The van der Waals surface area contributed by atoms with E-state index >= 15 is 0 Å². The summed E-state index contributed by atoms with van der Waals surface area (Å²) >= 11 is 0. The molecule has 7 heteroatoms. The molecule has 0 fully saturated rings. The van der Waals surface area contributed by atoms with Crippen molar-refractivity contribution in [2.45, 2.75) is 26.4 Å². The zero-order valence-corrected chi connectivity index (χ0v) is 14.0. The number of benzene rings is 1. The first-order valence-electron chi connectivity index (χ1n) is 7.62. The number of nitrogens with zero attached hydrogens (tertiary/aromatic N) is 3. The fourth-order valence-electron chi connectivity index (χ4n) is 2.51. The van der Waals surface area contributed by atoms with E-state index in [-0.39, 0.29) is 11.1 Å². The summed E-state index contributed by atoms with van der Waals surface area (Å²) in [6.07, 6.45) is 2.06. The predicted octanol–water partition coefficient (Wildman–Crippen LogP) is 3.05. The summed E-state index contributed by atoms with van der Waals surface area (Å²) in [5.41, 5.74) is 0.533. The van der Waals surface area contributed by atoms with Gasteiger partial charge in [0.2, 0.25) is 0 Å². The Hall–Kier alpha value is -3.40. The van der Waals surface area contributed by atoms with Gasteiger partial charge in [-0.25, -0.2) is 14.3 Å². The molecule has 0 unspecified atom stereocenters. The largest absolute Gasteiger partial charge is 0.443 e. The van der Waals surface area contributed by atoms with Crippen LogP contribution in [0.25, 0.3) is 22.2 Å². The molecule has 126 valence electrons. The summed E-state index contributed by atoms with van der Waals surface area (Å²) in [5, 5.41) is 9.74. The smallest absolute Gasteiger partial charge is 0.419 e. The minimum Gasteiger partial charge on any atom is -0.443 e. The van der Waals surface area contributed by atoms with Crippen molar-refractivity contribution in [3.05, 3.63) is 52.7 Å². The van der Waals surface area contributed by atoms with Crippen molar-refractivity contribution in [1.82, 2.24) is 14.5 Å². The zero-order chi connectivity index (χ0) is 18.2. The fraction of sp³-hybridized carbons (Fsp3) is 0.222. The molecule has 0 radical (unpaired) electrons. The molecule has 0 bridgehead atoms. The molecule has 0 aliphatic rings. The van der Waals surface area contributed by atoms with E-state index in [9.17, 15) is 9.59 Å². The molecular formula is C18H16N4O3. The standard InChI is InChI=1S/C18H16N4O3/c1-18(2,3)25-17(24)22-14-5-4-11(8-19)6-12(14)7-15(22)13-9-20-10-21-16(13)23/h4-7,9-10H,1-3H3,(H,20,21,23). The van der Waals surface area contributed by atoms with Crippen LogP contribution < -0.4 is 5.56 Å². The maximum absolute atomic E-state index is 12.7. The minimum atomic E-state index is -0.696. The highest BCUT2D eigenvalue weighted by atomic mass is 16.6. The average molecular weight is 336 g/mol. The maximum atomic E-state index is 12.7. The molecule has 25 heavy (non-hydrogen) atoms. The summed E-state index contributed by atoms with van der Waals surface area (Å²) in [4.78, 5) is 31.3. The van der Waals surface area contributed by atoms with Crippen molar-refractivity contribution in [3.8, 4) is 17.3 Å². The number of aromatic nitrogens is 3. The molecule has 2 aromatic heterocycles. The molecule has 1 N–H and O–H groups in total. The van der Waals surface area contributed by atoms with E-state index in [1.165, 1.54) is 17.1 Å². The second-order valence-corrected chi connectivity index (χ2v) is 6.53. The number of nitrogens with one attached hydrogen (secondary N) is 1. The molecular weight excluding hydrogens is 320 g/mol. The van der Waals surface area contributed by atoms with Crippen LogP contribution >= 0.6 is 0 Å². The van der Waals surface area contributed by atoms with Gasteiger partial charge in [-0.1, -0.05) is 0 Å². The van der Waals surface area contributed by atoms with Crippen LogP contribution in [0.2, 0.25) is 0 Å². The number of H-pyrrole nitrogens is 1. The molecule has 0 saturated carbocycles. The molecule has 7 nitrogen and oxygen atoms in total. The molecule has 0 amide bonds. The molecule has 0 aliphatic heterocycles. The highest BCUT2D eigenvalue weighted by Crippen LogP contribution is 2.28. The summed E-state index contributed by atoms with van der Waals surface area (Å²) in [6, 6.07) is 8.66. The fourth-order valence-corrected chi connectivity index (χ4v) is 2.51. The van der Waals surface area contributed by atoms with Crippen molar-refractivity contribution in [2.75, 3.05) is 0 Å². The quantitative estimate of drug-likeness (QED) is 0.736. The SMILES string of the molecule is CC(C)(C)OC(=O)n1c(-c2cnc[nH]c2=O)cc2cc(C#N)ccc21. The Balaban J connectivity index is 2.30. The Labute approximate surface area is 143 Å². The number of nitriles is 1. The monoisotopic (exact) mass is 336 g/mol. The highest BCUT2D eigenvalue weighted by molar-refractivity contribution is 5.96. The van der Waals surface area contributed by atoms with Gasteiger partial charge in [0.05, 0.1) is 34.7 Å². The van der Waals surface area contributed by atoms with Crippen LogP contribution in [-0.4, -0.2) is 26.2 Å². The van der Waals surface area contributed by atoms with Gasteiger partial charge < -0.3 is 9.72 Å². The Morgan fingerprint density at radius 3 is 2.72 bits per heavy atom. The first-order valence-corrected chi connectivity index (χ1v) is 7.62. The molecule has 1 aromatic carbocycles. The van der Waals surface area contributed by atoms with E-state index in [1.54, 1.807) is 45.0 Å². The average Bonchev–Trinajstić information content (AvgIpc) is 2.91. The summed E-state index contributed by atoms with van der Waals surface area (Å²) < 4.78 is 6.80. The maximum Gasteiger partial charge on any atom is 0.419 e. The van der Waals surface area contributed by atoms with Gasteiger partial charge in [0.25, 0.3) is 5.56 Å². The van der Waals surface area contributed by atoms with Gasteiger partial charge in [0.15, 0.2) is 0 Å². The van der Waals surface area contributed by atoms with Crippen molar-refractivity contribution < 1.29 is 9.53 Å². The lowest BCUT2D eigenvalue weighted by Crippen LogP contribution is -2.28. The van der Waals surface area contributed by atoms with Crippen molar-refractivity contribution >= 4 is 17.0 Å².